The second kappa shape index (κ2) is 6.08. The highest BCUT2D eigenvalue weighted by Gasteiger charge is 2.16. The molecule has 3 rings (SSSR count). The first-order chi connectivity index (χ1) is 11.1. The molecule has 0 aromatic heterocycles. The highest BCUT2D eigenvalue weighted by Crippen LogP contribution is 2.43. The molecule has 0 saturated carbocycles. The molecule has 0 aliphatic heterocycles. The molecule has 0 aliphatic carbocycles. The van der Waals surface area contributed by atoms with Gasteiger partial charge in [0.25, 0.3) is 0 Å². The number of methoxy groups -OCH3 is 2. The van der Waals surface area contributed by atoms with Gasteiger partial charge in [0.2, 0.25) is 5.91 Å². The number of rotatable bonds is 3. The van der Waals surface area contributed by atoms with Gasteiger partial charge >= 0.3 is 0 Å². The lowest BCUT2D eigenvalue weighted by molar-refractivity contribution is -0.114. The number of ether oxygens (including phenoxy) is 2. The third kappa shape index (κ3) is 2.61. The van der Waals surface area contributed by atoms with Gasteiger partial charge in [-0.1, -0.05) is 34.1 Å². The highest BCUT2D eigenvalue weighted by molar-refractivity contribution is 9.10. The summed E-state index contributed by atoms with van der Waals surface area (Å²) in [7, 11) is 3.25. The summed E-state index contributed by atoms with van der Waals surface area (Å²) in [5.74, 6) is 1.25. The van der Waals surface area contributed by atoms with E-state index in [-0.39, 0.29) is 5.91 Å². The van der Waals surface area contributed by atoms with Crippen LogP contribution >= 0.6 is 15.9 Å². The van der Waals surface area contributed by atoms with Crippen LogP contribution in [0.2, 0.25) is 0 Å². The molecule has 0 unspecified atom stereocenters. The summed E-state index contributed by atoms with van der Waals surface area (Å²) in [6.45, 7) is 1.50. The van der Waals surface area contributed by atoms with Crippen molar-refractivity contribution in [2.24, 2.45) is 0 Å². The summed E-state index contributed by atoms with van der Waals surface area (Å²) in [5.41, 5.74) is 0.764. The Morgan fingerprint density at radius 3 is 2.52 bits per heavy atom. The Morgan fingerprint density at radius 1 is 1.09 bits per heavy atom. The molecule has 1 N–H and O–H groups in total. The molecule has 0 spiro atoms. The molecule has 1 amide bonds. The molecule has 4 nitrogen and oxygen atoms in total. The van der Waals surface area contributed by atoms with Crippen LogP contribution in [0.1, 0.15) is 6.92 Å². The molecule has 0 aliphatic rings. The second-order valence-corrected chi connectivity index (χ2v) is 6.02. The van der Waals surface area contributed by atoms with E-state index < -0.39 is 0 Å². The minimum absolute atomic E-state index is 0.109. The van der Waals surface area contributed by atoms with Crippen molar-refractivity contribution in [1.29, 1.82) is 0 Å². The topological polar surface area (TPSA) is 47.6 Å². The number of halogens is 1. The number of fused-ring (bicyclic) bond motifs is 3. The maximum Gasteiger partial charge on any atom is 0.221 e. The molecule has 23 heavy (non-hydrogen) atoms. The third-order valence-electron chi connectivity index (χ3n) is 3.74. The molecule has 0 saturated heterocycles. The van der Waals surface area contributed by atoms with E-state index in [1.54, 1.807) is 14.2 Å². The summed E-state index contributed by atoms with van der Waals surface area (Å²) < 4.78 is 11.9. The fraction of sp³-hybridized carbons (Fsp3) is 0.167. The van der Waals surface area contributed by atoms with Gasteiger partial charge in [0, 0.05) is 22.2 Å². The predicted octanol–water partition coefficient (Wildman–Crippen LogP) is 4.73. The molecule has 0 atom stereocenters. The molecular formula is C18H16BrNO3. The fourth-order valence-electron chi connectivity index (χ4n) is 2.86. The molecular weight excluding hydrogens is 358 g/mol. The van der Waals surface area contributed by atoms with Crippen molar-refractivity contribution in [3.05, 3.63) is 40.9 Å². The average Bonchev–Trinajstić information content (AvgIpc) is 2.53. The number of anilines is 1. The van der Waals surface area contributed by atoms with E-state index in [0.717, 1.165) is 31.7 Å². The van der Waals surface area contributed by atoms with Gasteiger partial charge in [0.05, 0.1) is 19.9 Å². The predicted molar refractivity (Wildman–Crippen MR) is 96.6 cm³/mol. The fourth-order valence-corrected chi connectivity index (χ4v) is 3.44. The molecule has 3 aromatic rings. The monoisotopic (exact) mass is 373 g/mol. The Kier molecular flexibility index (Phi) is 4.13. The summed E-state index contributed by atoms with van der Waals surface area (Å²) in [5, 5.41) is 6.75. The van der Waals surface area contributed by atoms with Crippen molar-refractivity contribution >= 4 is 49.1 Å². The van der Waals surface area contributed by atoms with E-state index in [1.807, 2.05) is 36.4 Å². The number of carbonyl (C=O) groups excluding carboxylic acids is 1. The van der Waals surface area contributed by atoms with E-state index >= 15 is 0 Å². The van der Waals surface area contributed by atoms with Crippen molar-refractivity contribution in [3.8, 4) is 11.5 Å². The smallest absolute Gasteiger partial charge is 0.221 e. The van der Waals surface area contributed by atoms with Gasteiger partial charge in [0.1, 0.15) is 0 Å². The van der Waals surface area contributed by atoms with Gasteiger partial charge < -0.3 is 14.8 Å². The Hall–Kier alpha value is -2.27. The van der Waals surface area contributed by atoms with Crippen LogP contribution in [0.5, 0.6) is 11.5 Å². The van der Waals surface area contributed by atoms with Gasteiger partial charge in [-0.15, -0.1) is 0 Å². The second-order valence-electron chi connectivity index (χ2n) is 5.17. The lowest BCUT2D eigenvalue weighted by Gasteiger charge is -2.16. The summed E-state index contributed by atoms with van der Waals surface area (Å²) in [4.78, 5) is 11.6. The minimum atomic E-state index is -0.109. The standard InChI is InChI=1S/C18H16BrNO3/c1-10(21)20-14-9-11-7-8-15(22-2)18(23-3)16(11)12-5-4-6-13(19)17(12)14/h4-9H,1-3H3,(H,20,21). The molecule has 118 valence electrons. The Bertz CT molecular complexity index is 921. The number of hydrogen-bond donors (Lipinski definition) is 1. The zero-order valence-corrected chi connectivity index (χ0v) is 14.7. The zero-order valence-electron chi connectivity index (χ0n) is 13.1. The van der Waals surface area contributed by atoms with Gasteiger partial charge in [-0.25, -0.2) is 0 Å². The van der Waals surface area contributed by atoms with Gasteiger partial charge in [-0.3, -0.25) is 4.79 Å². The normalized spacial score (nSPS) is 10.8. The van der Waals surface area contributed by atoms with Crippen LogP contribution in [0.4, 0.5) is 5.69 Å². The average molecular weight is 374 g/mol. The number of nitrogens with one attached hydrogen (secondary N) is 1. The molecule has 0 fully saturated rings. The molecule has 3 aromatic carbocycles. The van der Waals surface area contributed by atoms with Gasteiger partial charge in [-0.2, -0.15) is 0 Å². The van der Waals surface area contributed by atoms with Crippen molar-refractivity contribution in [1.82, 2.24) is 0 Å². The zero-order chi connectivity index (χ0) is 16.6. The third-order valence-corrected chi connectivity index (χ3v) is 4.40. The minimum Gasteiger partial charge on any atom is -0.493 e. The molecule has 0 bridgehead atoms. The Balaban J connectivity index is 2.51. The van der Waals surface area contributed by atoms with Gasteiger partial charge in [0.15, 0.2) is 11.5 Å². The first kappa shape index (κ1) is 15.6. The molecule has 0 heterocycles. The van der Waals surface area contributed by atoms with E-state index in [4.69, 9.17) is 9.47 Å². The first-order valence-electron chi connectivity index (χ1n) is 7.10. The Labute approximate surface area is 142 Å². The number of carbonyl (C=O) groups is 1. The maximum atomic E-state index is 11.6. The van der Waals surface area contributed by atoms with Crippen LogP contribution in [0.15, 0.2) is 40.9 Å². The lowest BCUT2D eigenvalue weighted by Crippen LogP contribution is -2.06. The van der Waals surface area contributed by atoms with Crippen molar-refractivity contribution in [2.45, 2.75) is 6.92 Å². The van der Waals surface area contributed by atoms with Gasteiger partial charge in [-0.05, 0) is 29.0 Å². The van der Waals surface area contributed by atoms with E-state index in [1.165, 1.54) is 6.92 Å². The van der Waals surface area contributed by atoms with E-state index in [0.29, 0.717) is 11.5 Å². The van der Waals surface area contributed by atoms with E-state index in [9.17, 15) is 4.79 Å². The number of hydrogen-bond acceptors (Lipinski definition) is 3. The largest absolute Gasteiger partial charge is 0.493 e. The first-order valence-corrected chi connectivity index (χ1v) is 7.89. The van der Waals surface area contributed by atoms with Crippen LogP contribution in [-0.2, 0) is 4.79 Å². The van der Waals surface area contributed by atoms with Crippen LogP contribution in [-0.4, -0.2) is 20.1 Å². The summed E-state index contributed by atoms with van der Waals surface area (Å²) in [6, 6.07) is 11.7. The number of amides is 1. The van der Waals surface area contributed by atoms with Crippen LogP contribution in [0.3, 0.4) is 0 Å². The van der Waals surface area contributed by atoms with Crippen LogP contribution in [0, 0.1) is 0 Å². The summed E-state index contributed by atoms with van der Waals surface area (Å²) in [6.07, 6.45) is 0. The highest BCUT2D eigenvalue weighted by atomic mass is 79.9. The van der Waals surface area contributed by atoms with Crippen molar-refractivity contribution in [3.63, 3.8) is 0 Å². The summed E-state index contributed by atoms with van der Waals surface area (Å²) >= 11 is 3.58. The van der Waals surface area contributed by atoms with Crippen LogP contribution in [0.25, 0.3) is 21.5 Å². The number of benzene rings is 3. The maximum absolute atomic E-state index is 11.6. The van der Waals surface area contributed by atoms with Crippen LogP contribution < -0.4 is 14.8 Å². The van der Waals surface area contributed by atoms with Crippen molar-refractivity contribution in [2.75, 3.05) is 19.5 Å². The molecule has 5 heteroatoms. The quantitative estimate of drug-likeness (QED) is 0.675. The SMILES string of the molecule is COc1ccc2cc(NC(C)=O)c3c(Br)cccc3c2c1OC. The Morgan fingerprint density at radius 2 is 1.87 bits per heavy atom. The molecule has 0 radical (unpaired) electrons. The van der Waals surface area contributed by atoms with Crippen molar-refractivity contribution < 1.29 is 14.3 Å². The lowest BCUT2D eigenvalue weighted by atomic mass is 9.99. The van der Waals surface area contributed by atoms with E-state index in [2.05, 4.69) is 21.2 Å².